The number of likely N-dealkylation sites (N-methyl/N-ethyl adjacent to an activating group) is 1. The van der Waals surface area contributed by atoms with Gasteiger partial charge in [-0.25, -0.2) is 0 Å². The van der Waals surface area contributed by atoms with Gasteiger partial charge in [-0.05, 0) is 43.3 Å². The van der Waals surface area contributed by atoms with E-state index in [1.807, 2.05) is 26.1 Å². The average Bonchev–Trinajstić information content (AvgIpc) is 2.61. The number of anilines is 1. The van der Waals surface area contributed by atoms with Crippen molar-refractivity contribution in [2.24, 2.45) is 0 Å². The molecule has 2 aromatic carbocycles. The topological polar surface area (TPSA) is 52.0 Å². The van der Waals surface area contributed by atoms with Gasteiger partial charge in [0.1, 0.15) is 18.0 Å². The summed E-state index contributed by atoms with van der Waals surface area (Å²) in [5.41, 5.74) is 1.49. The summed E-state index contributed by atoms with van der Waals surface area (Å²) in [4.78, 5) is 13.6. The molecule has 0 radical (unpaired) electrons. The molecule has 5 nitrogen and oxygen atoms in total. The standard InChI is InChI=1S/C19H22Cl2N2O3/c1-12(19(24)22-16-10-15(21)6-8-18(16)26-4)23(2)11-13-9-14(20)5-7-17(13)25-3/h5-10,12H,11H2,1-4H3,(H,22,24)/p+1/t12-/m1/s1. The molecular weight excluding hydrogens is 375 g/mol. The summed E-state index contributed by atoms with van der Waals surface area (Å²) >= 11 is 12.1. The third kappa shape index (κ3) is 5.04. The summed E-state index contributed by atoms with van der Waals surface area (Å²) < 4.78 is 10.6. The summed E-state index contributed by atoms with van der Waals surface area (Å²) in [5, 5.41) is 4.04. The van der Waals surface area contributed by atoms with Gasteiger partial charge < -0.3 is 19.7 Å². The molecule has 2 atom stereocenters. The molecule has 0 heterocycles. The Hall–Kier alpha value is -1.95. The van der Waals surface area contributed by atoms with Crippen LogP contribution in [0.15, 0.2) is 36.4 Å². The van der Waals surface area contributed by atoms with Crippen LogP contribution in [0.2, 0.25) is 10.0 Å². The maximum Gasteiger partial charge on any atom is 0.282 e. The van der Waals surface area contributed by atoms with Crippen LogP contribution in [0.1, 0.15) is 12.5 Å². The van der Waals surface area contributed by atoms with Crippen molar-refractivity contribution >= 4 is 34.8 Å². The van der Waals surface area contributed by atoms with Crippen molar-refractivity contribution in [3.05, 3.63) is 52.0 Å². The Morgan fingerprint density at radius 3 is 2.27 bits per heavy atom. The predicted molar refractivity (Wildman–Crippen MR) is 105 cm³/mol. The molecular formula is C19H23Cl2N2O3+. The van der Waals surface area contributed by atoms with E-state index in [0.717, 1.165) is 16.2 Å². The molecule has 0 bridgehead atoms. The SMILES string of the molecule is COc1ccc(Cl)cc1C[NH+](C)[C@H](C)C(=O)Nc1cc(Cl)ccc1OC. The molecule has 140 valence electrons. The first-order valence-corrected chi connectivity index (χ1v) is 8.90. The monoisotopic (exact) mass is 397 g/mol. The lowest BCUT2D eigenvalue weighted by molar-refractivity contribution is -0.907. The fraction of sp³-hybridized carbons (Fsp3) is 0.316. The number of nitrogens with one attached hydrogen (secondary N) is 2. The van der Waals surface area contributed by atoms with Gasteiger partial charge in [0.2, 0.25) is 0 Å². The summed E-state index contributed by atoms with van der Waals surface area (Å²) in [6.07, 6.45) is 0. The van der Waals surface area contributed by atoms with Crippen LogP contribution in [0, 0.1) is 0 Å². The lowest BCUT2D eigenvalue weighted by Crippen LogP contribution is -3.12. The van der Waals surface area contributed by atoms with Gasteiger partial charge in [0, 0.05) is 15.6 Å². The highest BCUT2D eigenvalue weighted by Crippen LogP contribution is 2.27. The minimum atomic E-state index is -0.317. The third-order valence-electron chi connectivity index (χ3n) is 4.26. The second-order valence-electron chi connectivity index (χ2n) is 6.03. The molecule has 0 fully saturated rings. The quantitative estimate of drug-likeness (QED) is 0.754. The first-order chi connectivity index (χ1) is 12.3. The van der Waals surface area contributed by atoms with Gasteiger partial charge in [0.05, 0.1) is 27.0 Å². The molecule has 0 saturated carbocycles. The number of carbonyl (C=O) groups is 1. The first-order valence-electron chi connectivity index (χ1n) is 8.14. The Bertz CT molecular complexity index is 783. The molecule has 0 aliphatic heterocycles. The van der Waals surface area contributed by atoms with Gasteiger partial charge in [-0.1, -0.05) is 23.2 Å². The van der Waals surface area contributed by atoms with Crippen molar-refractivity contribution in [2.45, 2.75) is 19.5 Å². The maximum absolute atomic E-state index is 12.7. The average molecular weight is 398 g/mol. The number of quaternary nitrogens is 1. The third-order valence-corrected chi connectivity index (χ3v) is 4.73. The van der Waals surface area contributed by atoms with Gasteiger partial charge in [-0.15, -0.1) is 0 Å². The molecule has 7 heteroatoms. The number of halogens is 2. The van der Waals surface area contributed by atoms with Crippen molar-refractivity contribution < 1.29 is 19.2 Å². The van der Waals surface area contributed by atoms with Crippen LogP contribution >= 0.6 is 23.2 Å². The smallest absolute Gasteiger partial charge is 0.282 e. The highest BCUT2D eigenvalue weighted by molar-refractivity contribution is 6.31. The van der Waals surface area contributed by atoms with Crippen LogP contribution in [0.4, 0.5) is 5.69 Å². The van der Waals surface area contributed by atoms with E-state index >= 15 is 0 Å². The minimum absolute atomic E-state index is 0.135. The van der Waals surface area contributed by atoms with E-state index in [-0.39, 0.29) is 11.9 Å². The van der Waals surface area contributed by atoms with Gasteiger partial charge in [-0.3, -0.25) is 4.79 Å². The van der Waals surface area contributed by atoms with Crippen molar-refractivity contribution in [1.82, 2.24) is 0 Å². The Labute approximate surface area is 163 Å². The normalized spacial score (nSPS) is 13.0. The number of methoxy groups -OCH3 is 2. The van der Waals surface area contributed by atoms with Gasteiger partial charge in [0.25, 0.3) is 5.91 Å². The second-order valence-corrected chi connectivity index (χ2v) is 6.91. The van der Waals surface area contributed by atoms with E-state index in [4.69, 9.17) is 32.7 Å². The molecule has 0 saturated heterocycles. The molecule has 0 spiro atoms. The molecule has 0 aliphatic rings. The van der Waals surface area contributed by atoms with Crippen molar-refractivity contribution in [2.75, 3.05) is 26.6 Å². The largest absolute Gasteiger partial charge is 0.496 e. The van der Waals surface area contributed by atoms with Crippen LogP contribution in [0.3, 0.4) is 0 Å². The fourth-order valence-corrected chi connectivity index (χ4v) is 2.95. The number of ether oxygens (including phenoxy) is 2. The molecule has 2 rings (SSSR count). The molecule has 2 aromatic rings. The lowest BCUT2D eigenvalue weighted by Gasteiger charge is -2.22. The maximum atomic E-state index is 12.7. The highest BCUT2D eigenvalue weighted by atomic mass is 35.5. The summed E-state index contributed by atoms with van der Waals surface area (Å²) in [7, 11) is 5.11. The zero-order valence-corrected chi connectivity index (χ0v) is 16.7. The number of carbonyl (C=O) groups excluding carboxylic acids is 1. The molecule has 26 heavy (non-hydrogen) atoms. The molecule has 0 aromatic heterocycles. The summed E-state index contributed by atoms with van der Waals surface area (Å²) in [5.74, 6) is 1.17. The Kier molecular flexibility index (Phi) is 7.14. The van der Waals surface area contributed by atoms with Crippen molar-refractivity contribution in [3.8, 4) is 11.5 Å². The molecule has 0 aliphatic carbocycles. The number of amides is 1. The van der Waals surface area contributed by atoms with E-state index < -0.39 is 0 Å². The van der Waals surface area contributed by atoms with Crippen LogP contribution < -0.4 is 19.7 Å². The van der Waals surface area contributed by atoms with Crippen LogP contribution in [-0.4, -0.2) is 33.2 Å². The zero-order chi connectivity index (χ0) is 19.3. The Morgan fingerprint density at radius 1 is 1.08 bits per heavy atom. The van der Waals surface area contributed by atoms with E-state index in [1.54, 1.807) is 38.5 Å². The van der Waals surface area contributed by atoms with E-state index in [0.29, 0.717) is 28.0 Å². The van der Waals surface area contributed by atoms with Gasteiger partial charge in [-0.2, -0.15) is 0 Å². The van der Waals surface area contributed by atoms with Crippen LogP contribution in [0.5, 0.6) is 11.5 Å². The number of hydrogen-bond donors (Lipinski definition) is 2. The van der Waals surface area contributed by atoms with Crippen LogP contribution in [-0.2, 0) is 11.3 Å². The summed E-state index contributed by atoms with van der Waals surface area (Å²) in [6.45, 7) is 2.45. The number of benzene rings is 2. The summed E-state index contributed by atoms with van der Waals surface area (Å²) in [6, 6.07) is 10.2. The molecule has 1 amide bonds. The van der Waals surface area contributed by atoms with Crippen molar-refractivity contribution in [1.29, 1.82) is 0 Å². The minimum Gasteiger partial charge on any atom is -0.496 e. The highest BCUT2D eigenvalue weighted by Gasteiger charge is 2.24. The van der Waals surface area contributed by atoms with Gasteiger partial charge >= 0.3 is 0 Å². The zero-order valence-electron chi connectivity index (χ0n) is 15.2. The van der Waals surface area contributed by atoms with Crippen LogP contribution in [0.25, 0.3) is 0 Å². The van der Waals surface area contributed by atoms with E-state index in [1.165, 1.54) is 0 Å². The first kappa shape index (κ1) is 20.4. The number of hydrogen-bond acceptors (Lipinski definition) is 3. The fourth-order valence-electron chi connectivity index (χ4n) is 2.58. The van der Waals surface area contributed by atoms with Crippen molar-refractivity contribution in [3.63, 3.8) is 0 Å². The molecule has 2 N–H and O–H groups in total. The predicted octanol–water partition coefficient (Wildman–Crippen LogP) is 3.05. The number of rotatable bonds is 7. The Morgan fingerprint density at radius 2 is 1.65 bits per heavy atom. The van der Waals surface area contributed by atoms with Gasteiger partial charge in [0.15, 0.2) is 6.04 Å². The second kappa shape index (κ2) is 9.12. The lowest BCUT2D eigenvalue weighted by atomic mass is 10.1. The van der Waals surface area contributed by atoms with E-state index in [2.05, 4.69) is 5.32 Å². The molecule has 1 unspecified atom stereocenters. The Balaban J connectivity index is 2.11. The van der Waals surface area contributed by atoms with E-state index in [9.17, 15) is 4.79 Å².